The van der Waals surface area contributed by atoms with E-state index in [2.05, 4.69) is 22.6 Å². The second-order valence-electron chi connectivity index (χ2n) is 5.48. The molecule has 0 radical (unpaired) electrons. The summed E-state index contributed by atoms with van der Waals surface area (Å²) in [5.74, 6) is 0. The largest absolute Gasteiger partial charge is 0.296 e. The number of hydroxylamine groups is 1. The molecule has 0 saturated carbocycles. The Morgan fingerprint density at radius 2 is 1.94 bits per heavy atom. The van der Waals surface area contributed by atoms with Crippen molar-refractivity contribution in [1.29, 1.82) is 0 Å². The Balaban J connectivity index is 2.22. The maximum absolute atomic E-state index is 5.55. The van der Waals surface area contributed by atoms with Crippen LogP contribution in [-0.4, -0.2) is 10.6 Å². The van der Waals surface area contributed by atoms with Crippen molar-refractivity contribution in [3.63, 3.8) is 0 Å². The fourth-order valence-corrected chi connectivity index (χ4v) is 1.87. The first-order valence-electron chi connectivity index (χ1n) is 6.22. The lowest BCUT2D eigenvalue weighted by atomic mass is 10.1. The van der Waals surface area contributed by atoms with E-state index >= 15 is 0 Å². The van der Waals surface area contributed by atoms with Gasteiger partial charge in [-0.2, -0.15) is 5.48 Å². The molecule has 1 aromatic heterocycles. The zero-order valence-electron chi connectivity index (χ0n) is 11.4. The number of benzene rings is 1. The van der Waals surface area contributed by atoms with Crippen LogP contribution in [0.2, 0.25) is 0 Å². The average Bonchev–Trinajstić information content (AvgIpc) is 2.27. The highest BCUT2D eigenvalue weighted by molar-refractivity contribution is 5.82. The quantitative estimate of drug-likeness (QED) is 0.841. The van der Waals surface area contributed by atoms with Gasteiger partial charge in [0.15, 0.2) is 0 Å². The minimum Gasteiger partial charge on any atom is -0.296 e. The van der Waals surface area contributed by atoms with Gasteiger partial charge in [-0.15, -0.1) is 0 Å². The van der Waals surface area contributed by atoms with Crippen molar-refractivity contribution >= 4 is 10.9 Å². The van der Waals surface area contributed by atoms with Crippen LogP contribution >= 0.6 is 0 Å². The summed E-state index contributed by atoms with van der Waals surface area (Å²) in [7, 11) is 0. The first-order chi connectivity index (χ1) is 8.46. The van der Waals surface area contributed by atoms with Gasteiger partial charge in [-0.3, -0.25) is 9.82 Å². The molecule has 0 saturated heterocycles. The predicted octanol–water partition coefficient (Wildman–Crippen LogP) is 3.36. The number of hydrogen-bond donors (Lipinski definition) is 1. The second-order valence-corrected chi connectivity index (χ2v) is 5.48. The molecular weight excluding hydrogens is 224 g/mol. The van der Waals surface area contributed by atoms with Crippen molar-refractivity contribution in [2.45, 2.75) is 39.8 Å². The molecule has 0 aliphatic rings. The zero-order chi connectivity index (χ0) is 13.2. The SMILES string of the molecule is Cc1cc(CNOC(C)(C)C)c2ccccc2n1. The van der Waals surface area contributed by atoms with Crippen molar-refractivity contribution in [1.82, 2.24) is 10.5 Å². The molecular formula is C15H20N2O. The van der Waals surface area contributed by atoms with Gasteiger partial charge < -0.3 is 0 Å². The summed E-state index contributed by atoms with van der Waals surface area (Å²) in [6.45, 7) is 8.77. The lowest BCUT2D eigenvalue weighted by Crippen LogP contribution is -2.28. The third-order valence-electron chi connectivity index (χ3n) is 2.57. The van der Waals surface area contributed by atoms with Crippen LogP contribution in [0.15, 0.2) is 30.3 Å². The van der Waals surface area contributed by atoms with E-state index in [0.717, 1.165) is 11.2 Å². The Hall–Kier alpha value is -1.45. The molecule has 0 fully saturated rings. The third-order valence-corrected chi connectivity index (χ3v) is 2.57. The second kappa shape index (κ2) is 5.04. The van der Waals surface area contributed by atoms with Gasteiger partial charge in [0.05, 0.1) is 11.1 Å². The van der Waals surface area contributed by atoms with Crippen LogP contribution < -0.4 is 5.48 Å². The molecule has 0 atom stereocenters. The molecule has 0 unspecified atom stereocenters. The predicted molar refractivity (Wildman–Crippen MR) is 74.2 cm³/mol. The lowest BCUT2D eigenvalue weighted by Gasteiger charge is -2.19. The molecule has 3 nitrogen and oxygen atoms in total. The first kappa shape index (κ1) is 13.0. The standard InChI is InChI=1S/C15H20N2O/c1-11-9-12(10-16-18-15(2,3)4)13-7-5-6-8-14(13)17-11/h5-9,16H,10H2,1-4H3. The highest BCUT2D eigenvalue weighted by Gasteiger charge is 2.10. The summed E-state index contributed by atoms with van der Waals surface area (Å²) in [5, 5.41) is 1.17. The van der Waals surface area contributed by atoms with Gasteiger partial charge in [0, 0.05) is 17.6 Å². The van der Waals surface area contributed by atoms with E-state index in [1.165, 1.54) is 10.9 Å². The molecule has 1 N–H and O–H groups in total. The van der Waals surface area contributed by atoms with E-state index in [4.69, 9.17) is 4.84 Å². The van der Waals surface area contributed by atoms with Crippen LogP contribution in [0.25, 0.3) is 10.9 Å². The summed E-state index contributed by atoms with van der Waals surface area (Å²) in [4.78, 5) is 10.1. The average molecular weight is 244 g/mol. The van der Waals surface area contributed by atoms with Crippen LogP contribution in [0, 0.1) is 6.92 Å². The minimum absolute atomic E-state index is 0.183. The molecule has 0 amide bonds. The highest BCUT2D eigenvalue weighted by Crippen LogP contribution is 2.18. The maximum Gasteiger partial charge on any atom is 0.0813 e. The van der Waals surface area contributed by atoms with E-state index in [9.17, 15) is 0 Å². The Labute approximate surface area is 108 Å². The number of nitrogens with one attached hydrogen (secondary N) is 1. The van der Waals surface area contributed by atoms with E-state index in [-0.39, 0.29) is 5.60 Å². The van der Waals surface area contributed by atoms with Crippen LogP contribution in [-0.2, 0) is 11.4 Å². The van der Waals surface area contributed by atoms with Gasteiger partial charge in [0.2, 0.25) is 0 Å². The number of nitrogens with zero attached hydrogens (tertiary/aromatic N) is 1. The van der Waals surface area contributed by atoms with Crippen LogP contribution in [0.3, 0.4) is 0 Å². The van der Waals surface area contributed by atoms with Gasteiger partial charge >= 0.3 is 0 Å². The Morgan fingerprint density at radius 3 is 2.67 bits per heavy atom. The molecule has 2 rings (SSSR count). The van der Waals surface area contributed by atoms with Crippen LogP contribution in [0.5, 0.6) is 0 Å². The first-order valence-corrected chi connectivity index (χ1v) is 6.22. The molecule has 96 valence electrons. The fraction of sp³-hybridized carbons (Fsp3) is 0.400. The smallest absolute Gasteiger partial charge is 0.0813 e. The molecule has 0 spiro atoms. The van der Waals surface area contributed by atoms with E-state index in [0.29, 0.717) is 6.54 Å². The number of hydrogen-bond acceptors (Lipinski definition) is 3. The summed E-state index contributed by atoms with van der Waals surface area (Å²) in [6.07, 6.45) is 0. The van der Waals surface area contributed by atoms with E-state index in [1.54, 1.807) is 0 Å². The number of fused-ring (bicyclic) bond motifs is 1. The molecule has 0 aliphatic heterocycles. The number of pyridine rings is 1. The fourth-order valence-electron chi connectivity index (χ4n) is 1.87. The molecule has 1 heterocycles. The summed E-state index contributed by atoms with van der Waals surface area (Å²) in [6, 6.07) is 10.3. The number of rotatable bonds is 3. The normalized spacial score (nSPS) is 12.0. The lowest BCUT2D eigenvalue weighted by molar-refractivity contribution is -0.0756. The summed E-state index contributed by atoms with van der Waals surface area (Å²) >= 11 is 0. The van der Waals surface area contributed by atoms with Crippen molar-refractivity contribution in [2.24, 2.45) is 0 Å². The van der Waals surface area contributed by atoms with Crippen molar-refractivity contribution < 1.29 is 4.84 Å². The van der Waals surface area contributed by atoms with Crippen molar-refractivity contribution in [2.75, 3.05) is 0 Å². The maximum atomic E-state index is 5.55. The van der Waals surface area contributed by atoms with Crippen LogP contribution in [0.4, 0.5) is 0 Å². The minimum atomic E-state index is -0.183. The van der Waals surface area contributed by atoms with E-state index < -0.39 is 0 Å². The van der Waals surface area contributed by atoms with Gasteiger partial charge in [-0.05, 0) is 45.4 Å². The molecule has 1 aromatic carbocycles. The monoisotopic (exact) mass is 244 g/mol. The Kier molecular flexibility index (Phi) is 3.64. The third kappa shape index (κ3) is 3.28. The Bertz CT molecular complexity index is 544. The number of aryl methyl sites for hydroxylation is 1. The van der Waals surface area contributed by atoms with Gasteiger partial charge in [0.1, 0.15) is 0 Å². The van der Waals surface area contributed by atoms with Crippen molar-refractivity contribution in [3.8, 4) is 0 Å². The zero-order valence-corrected chi connectivity index (χ0v) is 11.4. The summed E-state index contributed by atoms with van der Waals surface area (Å²) in [5.41, 5.74) is 6.12. The molecule has 18 heavy (non-hydrogen) atoms. The molecule has 2 aromatic rings. The molecule has 0 bridgehead atoms. The van der Waals surface area contributed by atoms with Gasteiger partial charge in [-0.1, -0.05) is 18.2 Å². The highest BCUT2D eigenvalue weighted by atomic mass is 16.7. The molecule has 3 heteroatoms. The van der Waals surface area contributed by atoms with E-state index in [1.807, 2.05) is 45.9 Å². The van der Waals surface area contributed by atoms with Crippen molar-refractivity contribution in [3.05, 3.63) is 41.6 Å². The van der Waals surface area contributed by atoms with Crippen LogP contribution in [0.1, 0.15) is 32.0 Å². The summed E-state index contributed by atoms with van der Waals surface area (Å²) < 4.78 is 0. The topological polar surface area (TPSA) is 34.1 Å². The van der Waals surface area contributed by atoms with Gasteiger partial charge in [0.25, 0.3) is 0 Å². The van der Waals surface area contributed by atoms with Gasteiger partial charge in [-0.25, -0.2) is 0 Å². The number of aromatic nitrogens is 1. The Morgan fingerprint density at radius 1 is 1.22 bits per heavy atom. The molecule has 0 aliphatic carbocycles. The number of para-hydroxylation sites is 1.